The van der Waals surface area contributed by atoms with Crippen molar-refractivity contribution in [3.05, 3.63) is 22.2 Å². The minimum Gasteiger partial charge on any atom is -0.389 e. The van der Waals surface area contributed by atoms with Gasteiger partial charge in [0.15, 0.2) is 0 Å². The predicted molar refractivity (Wildman–Crippen MR) is 50.1 cm³/mol. The van der Waals surface area contributed by atoms with Gasteiger partial charge in [0.1, 0.15) is 0 Å². The molecule has 1 aromatic heterocycles. The molecule has 12 heavy (non-hydrogen) atoms. The van der Waals surface area contributed by atoms with Crippen LogP contribution in [-0.4, -0.2) is 16.2 Å². The number of aromatic nitrogens is 1. The first-order valence-corrected chi connectivity index (χ1v) is 4.95. The van der Waals surface area contributed by atoms with E-state index >= 15 is 0 Å². The molecule has 1 N–H and O–H groups in total. The summed E-state index contributed by atoms with van der Waals surface area (Å²) in [5, 5.41) is 12.4. The smallest absolute Gasteiger partial charge is 0.0901 e. The van der Waals surface area contributed by atoms with Crippen molar-refractivity contribution in [2.24, 2.45) is 0 Å². The minimum atomic E-state index is -0.248. The first kappa shape index (κ1) is 7.95. The van der Waals surface area contributed by atoms with Gasteiger partial charge in [-0.2, -0.15) is 0 Å². The molecule has 64 valence electrons. The summed E-state index contributed by atoms with van der Waals surface area (Å²) < 4.78 is 0. The van der Waals surface area contributed by atoms with Crippen molar-refractivity contribution in [3.8, 4) is 0 Å². The zero-order valence-corrected chi connectivity index (χ0v) is 7.77. The molecule has 1 aliphatic rings. The van der Waals surface area contributed by atoms with Gasteiger partial charge in [-0.15, -0.1) is 11.3 Å². The van der Waals surface area contributed by atoms with Gasteiger partial charge >= 0.3 is 0 Å². The molecule has 0 fully saturated rings. The highest BCUT2D eigenvalue weighted by Crippen LogP contribution is 2.28. The fraction of sp³-hybridized carbons (Fsp3) is 0.444. The first-order chi connectivity index (χ1) is 5.75. The van der Waals surface area contributed by atoms with Gasteiger partial charge in [-0.1, -0.05) is 6.08 Å². The van der Waals surface area contributed by atoms with E-state index in [0.29, 0.717) is 0 Å². The Morgan fingerprint density at radius 3 is 3.00 bits per heavy atom. The molecule has 0 radical (unpaired) electrons. The third kappa shape index (κ3) is 1.42. The molecule has 0 amide bonds. The zero-order chi connectivity index (χ0) is 8.55. The summed E-state index contributed by atoms with van der Waals surface area (Å²) in [6.07, 6.45) is 3.48. The number of allylic oxidation sites excluding steroid dienone is 1. The fourth-order valence-corrected chi connectivity index (χ4v) is 2.06. The standard InChI is InChI=1S/C9H11NOS/c1-6-10-9(5-12-6)7-2-3-8(11)4-7/h4-5,8,11H,2-3H2,1H3. The lowest BCUT2D eigenvalue weighted by Crippen LogP contribution is -1.93. The Labute approximate surface area is 75.6 Å². The maximum atomic E-state index is 9.27. The lowest BCUT2D eigenvalue weighted by atomic mass is 10.2. The van der Waals surface area contributed by atoms with Crippen molar-refractivity contribution in [2.45, 2.75) is 25.9 Å². The highest BCUT2D eigenvalue weighted by molar-refractivity contribution is 7.09. The van der Waals surface area contributed by atoms with Crippen LogP contribution in [0.3, 0.4) is 0 Å². The third-order valence-electron chi connectivity index (χ3n) is 2.05. The average molecular weight is 181 g/mol. The van der Waals surface area contributed by atoms with E-state index in [1.807, 2.05) is 13.0 Å². The second-order valence-corrected chi connectivity index (χ2v) is 4.11. The van der Waals surface area contributed by atoms with E-state index in [-0.39, 0.29) is 6.10 Å². The molecule has 3 heteroatoms. The highest BCUT2D eigenvalue weighted by atomic mass is 32.1. The predicted octanol–water partition coefficient (Wildman–Crippen LogP) is 1.99. The summed E-state index contributed by atoms with van der Waals surface area (Å²) in [7, 11) is 0. The van der Waals surface area contributed by atoms with E-state index in [1.54, 1.807) is 11.3 Å². The molecule has 0 aliphatic heterocycles. The van der Waals surface area contributed by atoms with Crippen molar-refractivity contribution >= 4 is 16.9 Å². The number of thiazole rings is 1. The van der Waals surface area contributed by atoms with Crippen LogP contribution < -0.4 is 0 Å². The molecule has 0 aromatic carbocycles. The summed E-state index contributed by atoms with van der Waals surface area (Å²) in [4.78, 5) is 4.37. The summed E-state index contributed by atoms with van der Waals surface area (Å²) >= 11 is 1.66. The largest absolute Gasteiger partial charge is 0.389 e. The molecule has 2 nitrogen and oxygen atoms in total. The van der Waals surface area contributed by atoms with Crippen molar-refractivity contribution < 1.29 is 5.11 Å². The van der Waals surface area contributed by atoms with E-state index < -0.39 is 0 Å². The van der Waals surface area contributed by atoms with Gasteiger partial charge in [0.2, 0.25) is 0 Å². The quantitative estimate of drug-likeness (QED) is 0.718. The van der Waals surface area contributed by atoms with Crippen LogP contribution >= 0.6 is 11.3 Å². The lowest BCUT2D eigenvalue weighted by Gasteiger charge is -1.92. The SMILES string of the molecule is Cc1nc(C2=CC(O)CC2)cs1. The Hall–Kier alpha value is -0.670. The molecule has 1 aliphatic carbocycles. The van der Waals surface area contributed by atoms with E-state index in [9.17, 15) is 5.11 Å². The monoisotopic (exact) mass is 181 g/mol. The average Bonchev–Trinajstić information content (AvgIpc) is 2.58. The maximum Gasteiger partial charge on any atom is 0.0901 e. The maximum absolute atomic E-state index is 9.27. The number of aryl methyl sites for hydroxylation is 1. The van der Waals surface area contributed by atoms with Crippen molar-refractivity contribution in [1.29, 1.82) is 0 Å². The first-order valence-electron chi connectivity index (χ1n) is 4.07. The molecule has 1 unspecified atom stereocenters. The third-order valence-corrected chi connectivity index (χ3v) is 2.82. The van der Waals surface area contributed by atoms with Crippen LogP contribution in [0, 0.1) is 6.92 Å². The number of hydrogen-bond donors (Lipinski definition) is 1. The molecule has 0 saturated carbocycles. The molecule has 1 atom stereocenters. The van der Waals surface area contributed by atoms with Crippen molar-refractivity contribution in [2.75, 3.05) is 0 Å². The Balaban J connectivity index is 2.26. The van der Waals surface area contributed by atoms with Gasteiger partial charge < -0.3 is 5.11 Å². The number of aliphatic hydroxyl groups is 1. The zero-order valence-electron chi connectivity index (χ0n) is 6.95. The Bertz CT molecular complexity index is 316. The van der Waals surface area contributed by atoms with Crippen LogP contribution in [0.1, 0.15) is 23.5 Å². The van der Waals surface area contributed by atoms with E-state index in [4.69, 9.17) is 0 Å². The van der Waals surface area contributed by atoms with Crippen LogP contribution in [0.15, 0.2) is 11.5 Å². The number of rotatable bonds is 1. The van der Waals surface area contributed by atoms with Gasteiger partial charge in [0, 0.05) is 5.38 Å². The normalized spacial score (nSPS) is 22.8. The van der Waals surface area contributed by atoms with Gasteiger partial charge in [-0.05, 0) is 25.3 Å². The summed E-state index contributed by atoms with van der Waals surface area (Å²) in [6.45, 7) is 2.00. The minimum absolute atomic E-state index is 0.248. The van der Waals surface area contributed by atoms with Crippen LogP contribution in [0.2, 0.25) is 0 Å². The van der Waals surface area contributed by atoms with Gasteiger partial charge in [-0.25, -0.2) is 4.98 Å². The molecular weight excluding hydrogens is 170 g/mol. The van der Waals surface area contributed by atoms with Gasteiger partial charge in [-0.3, -0.25) is 0 Å². The van der Waals surface area contributed by atoms with Crippen LogP contribution in [0.25, 0.3) is 5.57 Å². The van der Waals surface area contributed by atoms with Crippen LogP contribution in [0.5, 0.6) is 0 Å². The fourth-order valence-electron chi connectivity index (χ4n) is 1.43. The summed E-state index contributed by atoms with van der Waals surface area (Å²) in [5.74, 6) is 0. The lowest BCUT2D eigenvalue weighted by molar-refractivity contribution is 0.223. The van der Waals surface area contributed by atoms with Crippen LogP contribution in [0.4, 0.5) is 0 Å². The van der Waals surface area contributed by atoms with E-state index in [1.165, 1.54) is 5.57 Å². The molecule has 2 rings (SSSR count). The molecular formula is C9H11NOS. The van der Waals surface area contributed by atoms with E-state index in [0.717, 1.165) is 23.5 Å². The van der Waals surface area contributed by atoms with Gasteiger partial charge in [0.25, 0.3) is 0 Å². The number of hydrogen-bond acceptors (Lipinski definition) is 3. The van der Waals surface area contributed by atoms with E-state index in [2.05, 4.69) is 10.4 Å². The highest BCUT2D eigenvalue weighted by Gasteiger charge is 2.15. The van der Waals surface area contributed by atoms with Gasteiger partial charge in [0.05, 0.1) is 16.8 Å². The molecule has 1 heterocycles. The molecule has 0 spiro atoms. The van der Waals surface area contributed by atoms with Crippen molar-refractivity contribution in [3.63, 3.8) is 0 Å². The second-order valence-electron chi connectivity index (χ2n) is 3.05. The Kier molecular flexibility index (Phi) is 1.98. The van der Waals surface area contributed by atoms with Crippen molar-refractivity contribution in [1.82, 2.24) is 4.98 Å². The Morgan fingerprint density at radius 1 is 1.67 bits per heavy atom. The topological polar surface area (TPSA) is 33.1 Å². The molecule has 0 bridgehead atoms. The summed E-state index contributed by atoms with van der Waals surface area (Å²) in [5.41, 5.74) is 2.25. The van der Waals surface area contributed by atoms with Crippen LogP contribution in [-0.2, 0) is 0 Å². The number of nitrogens with zero attached hydrogens (tertiary/aromatic N) is 1. The Morgan fingerprint density at radius 2 is 2.50 bits per heavy atom. The second kappa shape index (κ2) is 2.99. The molecule has 1 aromatic rings. The summed E-state index contributed by atoms with van der Waals surface area (Å²) in [6, 6.07) is 0. The molecule has 0 saturated heterocycles. The number of aliphatic hydroxyl groups excluding tert-OH is 1.